The first-order chi connectivity index (χ1) is 17.0. The Hall–Kier alpha value is -2.73. The third kappa shape index (κ3) is 8.46. The van der Waals surface area contributed by atoms with Crippen molar-refractivity contribution in [2.75, 3.05) is 39.3 Å². The lowest BCUT2D eigenvalue weighted by Crippen LogP contribution is -2.51. The van der Waals surface area contributed by atoms with E-state index in [1.54, 1.807) is 12.1 Å². The van der Waals surface area contributed by atoms with Crippen LogP contribution in [0.4, 0.5) is 4.39 Å². The van der Waals surface area contributed by atoms with Crippen LogP contribution < -0.4 is 0 Å². The third-order valence-corrected chi connectivity index (χ3v) is 6.96. The van der Waals surface area contributed by atoms with E-state index in [1.165, 1.54) is 12.1 Å². The lowest BCUT2D eigenvalue weighted by molar-refractivity contribution is -0.137. The van der Waals surface area contributed by atoms with E-state index in [0.29, 0.717) is 25.4 Å². The Balaban J connectivity index is 1.55. The topological polar surface area (TPSA) is 43.9 Å². The molecule has 0 spiro atoms. The van der Waals surface area contributed by atoms with Crippen LogP contribution in [0.3, 0.4) is 0 Å². The lowest BCUT2D eigenvalue weighted by atomic mass is 9.97. The van der Waals surface area contributed by atoms with Gasteiger partial charge in [0, 0.05) is 51.7 Å². The first kappa shape index (κ1) is 26.9. The van der Waals surface area contributed by atoms with Gasteiger partial charge in [-0.15, -0.1) is 0 Å². The summed E-state index contributed by atoms with van der Waals surface area (Å²) in [7, 11) is 0. The number of unbranched alkanes of at least 4 members (excludes halogenated alkanes) is 1. The Bertz CT molecular complexity index is 911. The molecule has 190 valence electrons. The van der Waals surface area contributed by atoms with Crippen LogP contribution in [0.25, 0.3) is 0 Å². The maximum atomic E-state index is 13.4. The molecule has 35 heavy (non-hydrogen) atoms. The summed E-state index contributed by atoms with van der Waals surface area (Å²) in [5.74, 6) is 0.235. The lowest BCUT2D eigenvalue weighted by Gasteiger charge is -2.37. The first-order valence-corrected chi connectivity index (χ1v) is 13.1. The van der Waals surface area contributed by atoms with Crippen LogP contribution >= 0.6 is 0 Å². The average molecular weight is 482 g/mol. The Morgan fingerprint density at radius 2 is 1.63 bits per heavy atom. The van der Waals surface area contributed by atoms with Gasteiger partial charge in [0.2, 0.25) is 11.8 Å². The molecule has 0 bridgehead atoms. The van der Waals surface area contributed by atoms with Gasteiger partial charge in [0.25, 0.3) is 0 Å². The molecule has 1 aliphatic heterocycles. The van der Waals surface area contributed by atoms with Crippen molar-refractivity contribution in [1.29, 1.82) is 0 Å². The number of hydrogen-bond acceptors (Lipinski definition) is 3. The molecule has 1 unspecified atom stereocenters. The zero-order valence-electron chi connectivity index (χ0n) is 21.3. The second kappa shape index (κ2) is 14.0. The standard InChI is InChI=1S/C29H40FN3O2/c1-3-5-11-26(4-2)29(35)32-19-16-31(17-20-32)18-21-33(23-25-12-14-27(30)15-13-25)28(34)22-24-9-7-6-8-10-24/h6-10,12-15,26H,3-5,11,16-23H2,1-2H3. The zero-order valence-corrected chi connectivity index (χ0v) is 21.3. The van der Waals surface area contributed by atoms with Crippen LogP contribution in [-0.4, -0.2) is 65.8 Å². The monoisotopic (exact) mass is 481 g/mol. The fourth-order valence-electron chi connectivity index (χ4n) is 4.65. The molecule has 5 nitrogen and oxygen atoms in total. The van der Waals surface area contributed by atoms with Gasteiger partial charge in [-0.1, -0.05) is 69.2 Å². The summed E-state index contributed by atoms with van der Waals surface area (Å²) in [6, 6.07) is 16.1. The third-order valence-electron chi connectivity index (χ3n) is 6.96. The summed E-state index contributed by atoms with van der Waals surface area (Å²) in [5.41, 5.74) is 1.91. The molecule has 1 heterocycles. The molecule has 1 atom stereocenters. The number of amides is 2. The minimum absolute atomic E-state index is 0.0658. The Labute approximate surface area is 209 Å². The second-order valence-corrected chi connectivity index (χ2v) is 9.52. The van der Waals surface area contributed by atoms with E-state index in [9.17, 15) is 14.0 Å². The minimum Gasteiger partial charge on any atom is -0.340 e. The maximum absolute atomic E-state index is 13.4. The number of piperazine rings is 1. The molecule has 1 aliphatic rings. The molecule has 2 aromatic carbocycles. The van der Waals surface area contributed by atoms with Crippen LogP contribution in [0, 0.1) is 11.7 Å². The van der Waals surface area contributed by atoms with Crippen LogP contribution in [0.1, 0.15) is 50.7 Å². The van der Waals surface area contributed by atoms with Crippen molar-refractivity contribution < 1.29 is 14.0 Å². The quantitative estimate of drug-likeness (QED) is 0.439. The van der Waals surface area contributed by atoms with E-state index in [1.807, 2.05) is 40.1 Å². The average Bonchev–Trinajstić information content (AvgIpc) is 2.88. The Morgan fingerprint density at radius 1 is 0.943 bits per heavy atom. The summed E-state index contributed by atoms with van der Waals surface area (Å²) in [4.78, 5) is 32.3. The minimum atomic E-state index is -0.275. The first-order valence-electron chi connectivity index (χ1n) is 13.1. The zero-order chi connectivity index (χ0) is 25.0. The van der Waals surface area contributed by atoms with E-state index in [-0.39, 0.29) is 17.6 Å². The number of hydrogen-bond donors (Lipinski definition) is 0. The highest BCUT2D eigenvalue weighted by Gasteiger charge is 2.26. The molecular weight excluding hydrogens is 441 g/mol. The number of halogens is 1. The van der Waals surface area contributed by atoms with Crippen LogP contribution in [0.15, 0.2) is 54.6 Å². The molecule has 1 saturated heterocycles. The van der Waals surface area contributed by atoms with Crippen molar-refractivity contribution in [3.63, 3.8) is 0 Å². The molecule has 2 amide bonds. The van der Waals surface area contributed by atoms with Crippen LogP contribution in [0.2, 0.25) is 0 Å². The largest absolute Gasteiger partial charge is 0.340 e. The fraction of sp³-hybridized carbons (Fsp3) is 0.517. The fourth-order valence-corrected chi connectivity index (χ4v) is 4.65. The summed E-state index contributed by atoms with van der Waals surface area (Å²) in [6.07, 6.45) is 4.45. The molecule has 0 aromatic heterocycles. The van der Waals surface area contributed by atoms with Crippen molar-refractivity contribution in [2.24, 2.45) is 5.92 Å². The smallest absolute Gasteiger partial charge is 0.227 e. The molecule has 3 rings (SSSR count). The molecule has 0 saturated carbocycles. The van der Waals surface area contributed by atoms with Gasteiger partial charge in [-0.2, -0.15) is 0 Å². The Kier molecular flexibility index (Phi) is 10.7. The predicted molar refractivity (Wildman–Crippen MR) is 138 cm³/mol. The van der Waals surface area contributed by atoms with E-state index >= 15 is 0 Å². The van der Waals surface area contributed by atoms with Gasteiger partial charge in [-0.25, -0.2) is 4.39 Å². The summed E-state index contributed by atoms with van der Waals surface area (Å²) >= 11 is 0. The molecular formula is C29H40FN3O2. The van der Waals surface area contributed by atoms with Gasteiger partial charge in [0.15, 0.2) is 0 Å². The van der Waals surface area contributed by atoms with Gasteiger partial charge < -0.3 is 9.80 Å². The van der Waals surface area contributed by atoms with Crippen molar-refractivity contribution in [2.45, 2.75) is 52.5 Å². The molecule has 1 fully saturated rings. The summed E-state index contributed by atoms with van der Waals surface area (Å²) in [6.45, 7) is 9.24. The van der Waals surface area contributed by atoms with E-state index in [4.69, 9.17) is 0 Å². The SMILES string of the molecule is CCCCC(CC)C(=O)N1CCN(CCN(Cc2ccc(F)cc2)C(=O)Cc2ccccc2)CC1. The van der Waals surface area contributed by atoms with Gasteiger partial charge in [-0.05, 0) is 36.1 Å². The van der Waals surface area contributed by atoms with Gasteiger partial charge in [0.05, 0.1) is 6.42 Å². The van der Waals surface area contributed by atoms with E-state index < -0.39 is 0 Å². The molecule has 0 aliphatic carbocycles. The number of nitrogens with zero attached hydrogens (tertiary/aromatic N) is 3. The van der Waals surface area contributed by atoms with Gasteiger partial charge in [-0.3, -0.25) is 14.5 Å². The number of rotatable bonds is 12. The maximum Gasteiger partial charge on any atom is 0.227 e. The summed E-state index contributed by atoms with van der Waals surface area (Å²) in [5, 5.41) is 0. The highest BCUT2D eigenvalue weighted by molar-refractivity contribution is 5.79. The highest BCUT2D eigenvalue weighted by atomic mass is 19.1. The van der Waals surface area contributed by atoms with Crippen molar-refractivity contribution >= 4 is 11.8 Å². The molecule has 6 heteroatoms. The van der Waals surface area contributed by atoms with Crippen LogP contribution in [0.5, 0.6) is 0 Å². The van der Waals surface area contributed by atoms with E-state index in [2.05, 4.69) is 18.7 Å². The van der Waals surface area contributed by atoms with Gasteiger partial charge in [0.1, 0.15) is 5.82 Å². The predicted octanol–water partition coefficient (Wildman–Crippen LogP) is 4.76. The van der Waals surface area contributed by atoms with Crippen molar-refractivity contribution in [1.82, 2.24) is 14.7 Å². The van der Waals surface area contributed by atoms with Crippen molar-refractivity contribution in [3.8, 4) is 0 Å². The Morgan fingerprint density at radius 3 is 2.26 bits per heavy atom. The highest BCUT2D eigenvalue weighted by Crippen LogP contribution is 2.17. The second-order valence-electron chi connectivity index (χ2n) is 9.52. The van der Waals surface area contributed by atoms with Crippen LogP contribution in [-0.2, 0) is 22.6 Å². The molecule has 0 N–H and O–H groups in total. The molecule has 0 radical (unpaired) electrons. The number of carbonyl (C=O) groups excluding carboxylic acids is 2. The molecule has 2 aromatic rings. The number of carbonyl (C=O) groups is 2. The summed E-state index contributed by atoms with van der Waals surface area (Å²) < 4.78 is 13.4. The number of benzene rings is 2. The van der Waals surface area contributed by atoms with E-state index in [0.717, 1.165) is 69.5 Å². The van der Waals surface area contributed by atoms with Gasteiger partial charge >= 0.3 is 0 Å². The normalized spacial score (nSPS) is 15.1. The van der Waals surface area contributed by atoms with Crippen molar-refractivity contribution in [3.05, 3.63) is 71.5 Å².